The summed E-state index contributed by atoms with van der Waals surface area (Å²) in [5.41, 5.74) is 12.4. The Labute approximate surface area is 158 Å². The fourth-order valence-electron chi connectivity index (χ4n) is 4.32. The van der Waals surface area contributed by atoms with Gasteiger partial charge in [-0.1, -0.05) is 23.8 Å². The lowest BCUT2D eigenvalue weighted by Gasteiger charge is -2.36. The van der Waals surface area contributed by atoms with Crippen LogP contribution in [0.2, 0.25) is 0 Å². The number of carbonyl (C=O) groups is 1. The van der Waals surface area contributed by atoms with Gasteiger partial charge in [-0.25, -0.2) is 0 Å². The van der Waals surface area contributed by atoms with Crippen LogP contribution in [-0.4, -0.2) is 34.0 Å². The molecule has 4 N–H and O–H groups in total. The van der Waals surface area contributed by atoms with Crippen LogP contribution >= 0.6 is 0 Å². The molecule has 4 rings (SSSR count). The number of nitrogens with two attached hydrogens (primary N) is 1. The minimum Gasteiger partial charge on any atom is -0.508 e. The van der Waals surface area contributed by atoms with E-state index in [0.29, 0.717) is 19.5 Å². The van der Waals surface area contributed by atoms with Gasteiger partial charge in [0.1, 0.15) is 5.75 Å². The number of hydrogen-bond donors (Lipinski definition) is 3. The predicted octanol–water partition coefficient (Wildman–Crippen LogP) is 3.31. The Morgan fingerprint density at radius 2 is 2.11 bits per heavy atom. The first kappa shape index (κ1) is 17.6. The van der Waals surface area contributed by atoms with Crippen LogP contribution in [0.15, 0.2) is 36.4 Å². The Morgan fingerprint density at radius 1 is 1.30 bits per heavy atom. The second-order valence-corrected chi connectivity index (χ2v) is 7.39. The Kier molecular flexibility index (Phi) is 4.40. The minimum atomic E-state index is -0.244. The summed E-state index contributed by atoms with van der Waals surface area (Å²) < 4.78 is 0. The Balaban J connectivity index is 1.93. The molecule has 0 radical (unpaired) electrons. The van der Waals surface area contributed by atoms with Crippen LogP contribution in [0.25, 0.3) is 10.9 Å². The first-order valence-electron chi connectivity index (χ1n) is 9.39. The summed E-state index contributed by atoms with van der Waals surface area (Å²) in [4.78, 5) is 18.3. The molecule has 3 aromatic rings. The average molecular weight is 363 g/mol. The molecular weight excluding hydrogens is 338 g/mol. The number of nitrogens with zero attached hydrogens (tertiary/aromatic N) is 1. The van der Waals surface area contributed by atoms with E-state index >= 15 is 0 Å². The van der Waals surface area contributed by atoms with Crippen LogP contribution in [0.3, 0.4) is 0 Å². The third-order valence-electron chi connectivity index (χ3n) is 5.44. The third kappa shape index (κ3) is 2.98. The average Bonchev–Trinajstić information content (AvgIpc) is 3.00. The highest BCUT2D eigenvalue weighted by Crippen LogP contribution is 2.40. The van der Waals surface area contributed by atoms with Crippen LogP contribution in [0.1, 0.15) is 40.4 Å². The van der Waals surface area contributed by atoms with Crippen molar-refractivity contribution in [2.75, 3.05) is 13.1 Å². The molecule has 27 heavy (non-hydrogen) atoms. The van der Waals surface area contributed by atoms with Crippen LogP contribution < -0.4 is 5.73 Å². The molecule has 1 aliphatic heterocycles. The molecule has 0 saturated heterocycles. The number of aromatic nitrogens is 1. The minimum absolute atomic E-state index is 0.0445. The maximum atomic E-state index is 12.8. The molecular formula is C22H25N3O2. The molecule has 5 heteroatoms. The van der Waals surface area contributed by atoms with E-state index in [0.717, 1.165) is 23.2 Å². The zero-order chi connectivity index (χ0) is 19.1. The fourth-order valence-corrected chi connectivity index (χ4v) is 4.32. The Hall–Kier alpha value is -2.79. The molecule has 0 spiro atoms. The molecule has 5 nitrogen and oxygen atoms in total. The van der Waals surface area contributed by atoms with Crippen molar-refractivity contribution in [2.24, 2.45) is 5.73 Å². The third-order valence-corrected chi connectivity index (χ3v) is 5.44. The first-order chi connectivity index (χ1) is 13.0. The normalized spacial score (nSPS) is 16.6. The van der Waals surface area contributed by atoms with Crippen molar-refractivity contribution in [3.63, 3.8) is 0 Å². The van der Waals surface area contributed by atoms with E-state index in [1.165, 1.54) is 22.1 Å². The van der Waals surface area contributed by atoms with E-state index in [9.17, 15) is 9.90 Å². The van der Waals surface area contributed by atoms with Gasteiger partial charge < -0.3 is 20.7 Å². The van der Waals surface area contributed by atoms with E-state index in [2.05, 4.69) is 31.0 Å². The smallest absolute Gasteiger partial charge is 0.224 e. The number of phenolic OH excluding ortho intramolecular Hbond substituents is 1. The Bertz CT molecular complexity index is 1020. The molecule has 1 unspecified atom stereocenters. The van der Waals surface area contributed by atoms with Crippen LogP contribution in [0.4, 0.5) is 0 Å². The predicted molar refractivity (Wildman–Crippen MR) is 107 cm³/mol. The van der Waals surface area contributed by atoms with Crippen molar-refractivity contribution in [1.82, 2.24) is 9.88 Å². The van der Waals surface area contributed by atoms with Gasteiger partial charge in [0.15, 0.2) is 0 Å². The van der Waals surface area contributed by atoms with Gasteiger partial charge in [-0.2, -0.15) is 0 Å². The number of hydrogen-bond acceptors (Lipinski definition) is 3. The highest BCUT2D eigenvalue weighted by atomic mass is 16.3. The number of rotatable bonds is 3. The van der Waals surface area contributed by atoms with E-state index < -0.39 is 0 Å². The molecule has 0 aliphatic carbocycles. The van der Waals surface area contributed by atoms with Gasteiger partial charge in [0.05, 0.1) is 6.04 Å². The van der Waals surface area contributed by atoms with E-state index in [-0.39, 0.29) is 17.7 Å². The molecule has 140 valence electrons. The lowest BCUT2D eigenvalue weighted by atomic mass is 9.91. The maximum Gasteiger partial charge on any atom is 0.224 e. The van der Waals surface area contributed by atoms with E-state index in [4.69, 9.17) is 5.73 Å². The summed E-state index contributed by atoms with van der Waals surface area (Å²) in [6.45, 7) is 5.20. The lowest BCUT2D eigenvalue weighted by molar-refractivity contribution is -0.133. The van der Waals surface area contributed by atoms with E-state index in [1.54, 1.807) is 12.1 Å². The summed E-state index contributed by atoms with van der Waals surface area (Å²) in [5.74, 6) is 0.247. The van der Waals surface area contributed by atoms with Crippen molar-refractivity contribution < 1.29 is 9.90 Å². The van der Waals surface area contributed by atoms with Crippen LogP contribution in [-0.2, 0) is 11.2 Å². The van der Waals surface area contributed by atoms with Gasteiger partial charge >= 0.3 is 0 Å². The molecule has 2 aromatic carbocycles. The number of fused-ring (bicyclic) bond motifs is 3. The van der Waals surface area contributed by atoms with Crippen molar-refractivity contribution >= 4 is 16.8 Å². The van der Waals surface area contributed by atoms with Crippen molar-refractivity contribution in [2.45, 2.75) is 32.7 Å². The summed E-state index contributed by atoms with van der Waals surface area (Å²) in [7, 11) is 0. The van der Waals surface area contributed by atoms with Gasteiger partial charge in [-0.3, -0.25) is 4.79 Å². The number of carbonyl (C=O) groups excluding carboxylic acids is 1. The highest BCUT2D eigenvalue weighted by Gasteiger charge is 2.34. The maximum absolute atomic E-state index is 12.8. The molecule has 1 aromatic heterocycles. The molecule has 1 atom stereocenters. The largest absolute Gasteiger partial charge is 0.508 e. The van der Waals surface area contributed by atoms with Crippen molar-refractivity contribution in [1.29, 1.82) is 0 Å². The fraction of sp³-hybridized carbons (Fsp3) is 0.318. The standard InChI is InChI=1S/C22H25N3O2/c1-13-10-14(2)20-18(11-13)17-7-9-25(19(27)6-8-23)22(21(17)24-20)15-4-3-5-16(26)12-15/h3-5,10-12,22,24,26H,6-9,23H2,1-2H3. The van der Waals surface area contributed by atoms with Gasteiger partial charge in [-0.15, -0.1) is 0 Å². The number of benzene rings is 2. The van der Waals surface area contributed by atoms with Gasteiger partial charge in [0, 0.05) is 36.1 Å². The summed E-state index contributed by atoms with van der Waals surface area (Å²) in [6.07, 6.45) is 1.13. The quantitative estimate of drug-likeness (QED) is 0.668. The number of H-pyrrole nitrogens is 1. The molecule has 0 bridgehead atoms. The number of aryl methyl sites for hydroxylation is 2. The van der Waals surface area contributed by atoms with Gasteiger partial charge in [-0.05, 0) is 55.2 Å². The summed E-state index contributed by atoms with van der Waals surface area (Å²) in [6, 6.07) is 11.3. The number of nitrogens with one attached hydrogen (secondary N) is 1. The lowest BCUT2D eigenvalue weighted by Crippen LogP contribution is -2.41. The van der Waals surface area contributed by atoms with Crippen molar-refractivity contribution in [3.8, 4) is 5.75 Å². The molecule has 2 heterocycles. The van der Waals surface area contributed by atoms with Gasteiger partial charge in [0.25, 0.3) is 0 Å². The summed E-state index contributed by atoms with van der Waals surface area (Å²) in [5, 5.41) is 11.2. The molecule has 1 amide bonds. The summed E-state index contributed by atoms with van der Waals surface area (Å²) >= 11 is 0. The number of aromatic amines is 1. The van der Waals surface area contributed by atoms with Crippen LogP contribution in [0, 0.1) is 13.8 Å². The topological polar surface area (TPSA) is 82.4 Å². The molecule has 0 fully saturated rings. The first-order valence-corrected chi connectivity index (χ1v) is 9.39. The second kappa shape index (κ2) is 6.74. The van der Waals surface area contributed by atoms with Crippen molar-refractivity contribution in [3.05, 3.63) is 64.3 Å². The number of amides is 1. The zero-order valence-corrected chi connectivity index (χ0v) is 15.7. The Morgan fingerprint density at radius 3 is 2.85 bits per heavy atom. The number of aromatic hydroxyl groups is 1. The number of phenols is 1. The monoisotopic (exact) mass is 363 g/mol. The SMILES string of the molecule is Cc1cc(C)c2[nH]c3c(c2c1)CCN(C(=O)CCN)C3c1cccc(O)c1. The molecule has 1 aliphatic rings. The molecule has 0 saturated carbocycles. The second-order valence-electron chi connectivity index (χ2n) is 7.39. The zero-order valence-electron chi connectivity index (χ0n) is 15.7. The highest BCUT2D eigenvalue weighted by molar-refractivity contribution is 5.89. The van der Waals surface area contributed by atoms with Crippen LogP contribution in [0.5, 0.6) is 5.75 Å². The van der Waals surface area contributed by atoms with E-state index in [1.807, 2.05) is 17.0 Å². The van der Waals surface area contributed by atoms with Gasteiger partial charge in [0.2, 0.25) is 5.91 Å².